The molecule has 0 radical (unpaired) electrons. The van der Waals surface area contributed by atoms with Gasteiger partial charge in [0.15, 0.2) is 0 Å². The fourth-order valence-corrected chi connectivity index (χ4v) is 3.86. The Balaban J connectivity index is 1.71. The maximum Gasteiger partial charge on any atom is 0.214 e. The highest BCUT2D eigenvalue weighted by molar-refractivity contribution is 7.90. The zero-order valence-electron chi connectivity index (χ0n) is 10.9. The van der Waals surface area contributed by atoms with E-state index in [1.807, 2.05) is 0 Å². The second kappa shape index (κ2) is 5.24. The van der Waals surface area contributed by atoms with Crippen molar-refractivity contribution in [1.29, 1.82) is 0 Å². The first-order valence-corrected chi connectivity index (χ1v) is 8.26. The Labute approximate surface area is 105 Å². The van der Waals surface area contributed by atoms with Crippen LogP contribution in [0, 0.1) is 5.92 Å². The van der Waals surface area contributed by atoms with Gasteiger partial charge in [0.2, 0.25) is 10.0 Å². The molecule has 0 amide bonds. The first-order chi connectivity index (χ1) is 7.99. The third-order valence-corrected chi connectivity index (χ3v) is 5.83. The standard InChI is InChI=1S/C12H24N2O2S/c1-10(2)14-7-5-11(6-8-14)9-13-17(15,16)12-3-4-12/h10-13H,3-9H2,1-2H3. The summed E-state index contributed by atoms with van der Waals surface area (Å²) in [6, 6.07) is 0.610. The summed E-state index contributed by atoms with van der Waals surface area (Å²) in [6.45, 7) is 7.29. The van der Waals surface area contributed by atoms with E-state index >= 15 is 0 Å². The summed E-state index contributed by atoms with van der Waals surface area (Å²) in [7, 11) is -2.98. The van der Waals surface area contributed by atoms with Gasteiger partial charge in [-0.3, -0.25) is 0 Å². The molecule has 5 heteroatoms. The van der Waals surface area contributed by atoms with Crippen molar-refractivity contribution in [2.45, 2.75) is 50.8 Å². The summed E-state index contributed by atoms with van der Waals surface area (Å²) < 4.78 is 26.2. The van der Waals surface area contributed by atoms with Gasteiger partial charge in [-0.25, -0.2) is 13.1 Å². The minimum Gasteiger partial charge on any atom is -0.301 e. The van der Waals surface area contributed by atoms with Crippen LogP contribution < -0.4 is 4.72 Å². The van der Waals surface area contributed by atoms with Crippen LogP contribution in [-0.2, 0) is 10.0 Å². The van der Waals surface area contributed by atoms with Gasteiger partial charge in [-0.05, 0) is 58.5 Å². The molecule has 0 aromatic rings. The minimum atomic E-state index is -2.98. The lowest BCUT2D eigenvalue weighted by molar-refractivity contribution is 0.150. The molecule has 1 aliphatic carbocycles. The van der Waals surface area contributed by atoms with E-state index in [4.69, 9.17) is 0 Å². The Kier molecular flexibility index (Phi) is 4.10. The summed E-state index contributed by atoms with van der Waals surface area (Å²) in [5, 5.41) is -0.0850. The summed E-state index contributed by atoms with van der Waals surface area (Å²) in [5.41, 5.74) is 0. The molecule has 0 atom stereocenters. The van der Waals surface area contributed by atoms with Crippen molar-refractivity contribution in [3.63, 3.8) is 0 Å². The predicted molar refractivity (Wildman–Crippen MR) is 69.4 cm³/mol. The van der Waals surface area contributed by atoms with Gasteiger partial charge >= 0.3 is 0 Å². The highest BCUT2D eigenvalue weighted by Crippen LogP contribution is 2.28. The number of hydrogen-bond donors (Lipinski definition) is 1. The fraction of sp³-hybridized carbons (Fsp3) is 1.00. The lowest BCUT2D eigenvalue weighted by Crippen LogP contribution is -2.42. The average molecular weight is 260 g/mol. The normalized spacial score (nSPS) is 24.4. The van der Waals surface area contributed by atoms with Crippen LogP contribution in [0.15, 0.2) is 0 Å². The number of hydrogen-bond acceptors (Lipinski definition) is 3. The Bertz CT molecular complexity index is 342. The van der Waals surface area contributed by atoms with Crippen molar-refractivity contribution in [2.75, 3.05) is 19.6 Å². The summed E-state index contributed by atoms with van der Waals surface area (Å²) in [6.07, 6.45) is 3.93. The number of nitrogens with zero attached hydrogens (tertiary/aromatic N) is 1. The second-order valence-electron chi connectivity index (χ2n) is 5.67. The molecule has 2 rings (SSSR count). The van der Waals surface area contributed by atoms with Crippen LogP contribution in [0.4, 0.5) is 0 Å². The highest BCUT2D eigenvalue weighted by Gasteiger charge is 2.35. The van der Waals surface area contributed by atoms with Gasteiger partial charge in [0.05, 0.1) is 5.25 Å². The number of nitrogens with one attached hydrogen (secondary N) is 1. The summed E-state index contributed by atoms with van der Waals surface area (Å²) in [4.78, 5) is 2.46. The molecule has 100 valence electrons. The third-order valence-electron chi connectivity index (χ3n) is 3.92. The van der Waals surface area contributed by atoms with E-state index < -0.39 is 10.0 Å². The molecule has 2 aliphatic rings. The third kappa shape index (κ3) is 3.66. The zero-order valence-corrected chi connectivity index (χ0v) is 11.7. The predicted octanol–water partition coefficient (Wildman–Crippen LogP) is 1.19. The van der Waals surface area contributed by atoms with Gasteiger partial charge < -0.3 is 4.90 Å². The van der Waals surface area contributed by atoms with E-state index in [0.717, 1.165) is 38.8 Å². The van der Waals surface area contributed by atoms with Gasteiger partial charge in [-0.2, -0.15) is 0 Å². The van der Waals surface area contributed by atoms with Gasteiger partial charge in [-0.15, -0.1) is 0 Å². The molecule has 0 aromatic heterocycles. The first kappa shape index (κ1) is 13.3. The molecule has 1 heterocycles. The molecule has 1 saturated heterocycles. The monoisotopic (exact) mass is 260 g/mol. The maximum atomic E-state index is 11.7. The van der Waals surface area contributed by atoms with Crippen molar-refractivity contribution in [3.05, 3.63) is 0 Å². The highest BCUT2D eigenvalue weighted by atomic mass is 32.2. The van der Waals surface area contributed by atoms with Crippen LogP contribution >= 0.6 is 0 Å². The van der Waals surface area contributed by atoms with Crippen molar-refractivity contribution < 1.29 is 8.42 Å². The molecular weight excluding hydrogens is 236 g/mol. The SMILES string of the molecule is CC(C)N1CCC(CNS(=O)(=O)C2CC2)CC1. The summed E-state index contributed by atoms with van der Waals surface area (Å²) in [5.74, 6) is 0.526. The van der Waals surface area contributed by atoms with Crippen LogP contribution in [0.1, 0.15) is 39.5 Å². The van der Waals surface area contributed by atoms with E-state index in [2.05, 4.69) is 23.5 Å². The minimum absolute atomic E-state index is 0.0850. The van der Waals surface area contributed by atoms with Crippen LogP contribution in [0.25, 0.3) is 0 Å². The molecule has 17 heavy (non-hydrogen) atoms. The van der Waals surface area contributed by atoms with E-state index in [1.165, 1.54) is 0 Å². The van der Waals surface area contributed by atoms with E-state index in [-0.39, 0.29) is 5.25 Å². The lowest BCUT2D eigenvalue weighted by atomic mass is 9.96. The van der Waals surface area contributed by atoms with Crippen LogP contribution in [0.3, 0.4) is 0 Å². The Morgan fingerprint density at radius 3 is 2.24 bits per heavy atom. The number of likely N-dealkylation sites (tertiary alicyclic amines) is 1. The smallest absolute Gasteiger partial charge is 0.214 e. The van der Waals surface area contributed by atoms with E-state index in [1.54, 1.807) is 0 Å². The Morgan fingerprint density at radius 1 is 1.18 bits per heavy atom. The van der Waals surface area contributed by atoms with E-state index in [0.29, 0.717) is 18.5 Å². The van der Waals surface area contributed by atoms with Crippen LogP contribution in [-0.4, -0.2) is 44.2 Å². The van der Waals surface area contributed by atoms with Gasteiger partial charge in [0.25, 0.3) is 0 Å². The molecular formula is C12H24N2O2S. The lowest BCUT2D eigenvalue weighted by Gasteiger charge is -2.34. The molecule has 1 saturated carbocycles. The van der Waals surface area contributed by atoms with Crippen molar-refractivity contribution in [3.8, 4) is 0 Å². The number of rotatable bonds is 5. The molecule has 2 fully saturated rings. The number of sulfonamides is 1. The summed E-state index contributed by atoms with van der Waals surface area (Å²) >= 11 is 0. The molecule has 0 aromatic carbocycles. The van der Waals surface area contributed by atoms with E-state index in [9.17, 15) is 8.42 Å². The zero-order chi connectivity index (χ0) is 12.5. The van der Waals surface area contributed by atoms with Crippen molar-refractivity contribution in [2.24, 2.45) is 5.92 Å². The molecule has 4 nitrogen and oxygen atoms in total. The number of piperidine rings is 1. The average Bonchev–Trinajstić information content (AvgIpc) is 3.11. The van der Waals surface area contributed by atoms with Gasteiger partial charge in [0, 0.05) is 12.6 Å². The molecule has 1 N–H and O–H groups in total. The molecule has 0 unspecified atom stereocenters. The second-order valence-corrected chi connectivity index (χ2v) is 7.71. The largest absolute Gasteiger partial charge is 0.301 e. The topological polar surface area (TPSA) is 49.4 Å². The first-order valence-electron chi connectivity index (χ1n) is 6.71. The van der Waals surface area contributed by atoms with Crippen LogP contribution in [0.5, 0.6) is 0 Å². The maximum absolute atomic E-state index is 11.7. The van der Waals surface area contributed by atoms with Gasteiger partial charge in [0.1, 0.15) is 0 Å². The molecule has 1 aliphatic heterocycles. The van der Waals surface area contributed by atoms with Crippen molar-refractivity contribution in [1.82, 2.24) is 9.62 Å². The van der Waals surface area contributed by atoms with Crippen molar-refractivity contribution >= 4 is 10.0 Å². The Morgan fingerprint density at radius 2 is 1.76 bits per heavy atom. The molecule has 0 spiro atoms. The Hall–Kier alpha value is -0.130. The quantitative estimate of drug-likeness (QED) is 0.808. The molecule has 0 bridgehead atoms. The van der Waals surface area contributed by atoms with Crippen LogP contribution in [0.2, 0.25) is 0 Å². The van der Waals surface area contributed by atoms with Gasteiger partial charge in [-0.1, -0.05) is 0 Å². The fourth-order valence-electron chi connectivity index (χ4n) is 2.40.